The maximum absolute atomic E-state index is 14.6. The van der Waals surface area contributed by atoms with Gasteiger partial charge in [-0.25, -0.2) is 0 Å². The molecule has 0 radical (unpaired) electrons. The van der Waals surface area contributed by atoms with Crippen LogP contribution in [0.2, 0.25) is 0 Å². The van der Waals surface area contributed by atoms with Gasteiger partial charge in [0.1, 0.15) is 11.6 Å². The third-order valence-corrected chi connectivity index (χ3v) is 8.45. The van der Waals surface area contributed by atoms with Crippen LogP contribution < -0.4 is 0 Å². The monoisotopic (exact) mass is 546 g/mol. The summed E-state index contributed by atoms with van der Waals surface area (Å²) in [4.78, 5) is 45.5. The van der Waals surface area contributed by atoms with E-state index in [1.165, 1.54) is 0 Å². The maximum Gasteiger partial charge on any atom is 0.312 e. The summed E-state index contributed by atoms with van der Waals surface area (Å²) < 4.78 is 12.1. The number of rotatable bonds is 15. The van der Waals surface area contributed by atoms with Gasteiger partial charge in [-0.3, -0.25) is 14.4 Å². The van der Waals surface area contributed by atoms with E-state index in [0.717, 1.165) is 19.3 Å². The number of fused-ring (bicyclic) bond motifs is 1. The quantitative estimate of drug-likeness (QED) is 0.187. The molecule has 8 heteroatoms. The summed E-state index contributed by atoms with van der Waals surface area (Å²) in [7, 11) is 0. The summed E-state index contributed by atoms with van der Waals surface area (Å²) in [6.07, 6.45) is 8.59. The maximum atomic E-state index is 14.6. The van der Waals surface area contributed by atoms with Crippen LogP contribution in [0, 0.1) is 17.3 Å². The van der Waals surface area contributed by atoms with Crippen LogP contribution in [-0.2, 0) is 23.9 Å². The highest BCUT2D eigenvalue weighted by Crippen LogP contribution is 2.59. The third kappa shape index (κ3) is 6.43. The standard InChI is InChI=1S/C31H50N2O6/c1-8-10-20-38-28(37)23-22-15-16-31(39-22)24(23)26(35)32(18-13-11-12-14-19-34)25(31)27(36)33(17-9-2)30(6,7)21-29(3,4)5/h8-9,22-25,34H,1-2,10-21H2,3-7H3/t22-,23+,24-,25?,31?/m0/s1. The molecule has 0 aromatic rings. The van der Waals surface area contributed by atoms with E-state index in [4.69, 9.17) is 14.6 Å². The van der Waals surface area contributed by atoms with Crippen molar-refractivity contribution >= 4 is 17.8 Å². The number of carbonyl (C=O) groups excluding carboxylic acids is 3. The van der Waals surface area contributed by atoms with E-state index in [-0.39, 0.29) is 30.4 Å². The molecule has 0 aromatic heterocycles. The summed E-state index contributed by atoms with van der Waals surface area (Å²) in [5.74, 6) is -2.18. The Morgan fingerprint density at radius 2 is 1.85 bits per heavy atom. The second-order valence-electron chi connectivity index (χ2n) is 13.3. The minimum atomic E-state index is -1.04. The molecule has 1 N–H and O–H groups in total. The minimum absolute atomic E-state index is 0.0233. The summed E-state index contributed by atoms with van der Waals surface area (Å²) in [6.45, 7) is 19.3. The van der Waals surface area contributed by atoms with Crippen molar-refractivity contribution in [1.29, 1.82) is 0 Å². The van der Waals surface area contributed by atoms with Gasteiger partial charge in [-0.05, 0) is 57.8 Å². The highest BCUT2D eigenvalue weighted by molar-refractivity contribution is 5.98. The summed E-state index contributed by atoms with van der Waals surface area (Å²) in [6, 6.07) is -0.803. The summed E-state index contributed by atoms with van der Waals surface area (Å²) in [5.41, 5.74) is -1.55. The highest BCUT2D eigenvalue weighted by Gasteiger charge is 2.75. The zero-order valence-electron chi connectivity index (χ0n) is 24.7. The Kier molecular flexibility index (Phi) is 10.1. The molecule has 3 heterocycles. The fraction of sp³-hybridized carbons (Fsp3) is 0.774. The van der Waals surface area contributed by atoms with Gasteiger partial charge >= 0.3 is 5.97 Å². The number of aliphatic hydroxyl groups excluding tert-OH is 1. The van der Waals surface area contributed by atoms with E-state index in [0.29, 0.717) is 45.2 Å². The van der Waals surface area contributed by atoms with Crippen molar-refractivity contribution in [3.05, 3.63) is 25.3 Å². The van der Waals surface area contributed by atoms with Crippen LogP contribution in [0.1, 0.15) is 86.0 Å². The number of likely N-dealkylation sites (tertiary alicyclic amines) is 1. The van der Waals surface area contributed by atoms with E-state index < -0.39 is 41.1 Å². The molecule has 39 heavy (non-hydrogen) atoms. The average Bonchev–Trinajstić information content (AvgIpc) is 3.48. The smallest absolute Gasteiger partial charge is 0.312 e. The molecule has 3 aliphatic rings. The molecule has 0 saturated carbocycles. The Morgan fingerprint density at radius 3 is 2.46 bits per heavy atom. The fourth-order valence-corrected chi connectivity index (χ4v) is 7.33. The van der Waals surface area contributed by atoms with Gasteiger partial charge in [-0.15, -0.1) is 13.2 Å². The Labute approximate surface area is 234 Å². The molecule has 3 rings (SSSR count). The van der Waals surface area contributed by atoms with Crippen LogP contribution in [0.4, 0.5) is 0 Å². The molecule has 2 amide bonds. The number of unbranched alkanes of at least 4 members (excludes halogenated alkanes) is 3. The zero-order chi connectivity index (χ0) is 29.0. The fourth-order valence-electron chi connectivity index (χ4n) is 7.33. The van der Waals surface area contributed by atoms with Gasteiger partial charge in [0.2, 0.25) is 11.8 Å². The minimum Gasteiger partial charge on any atom is -0.465 e. The van der Waals surface area contributed by atoms with E-state index >= 15 is 0 Å². The third-order valence-electron chi connectivity index (χ3n) is 8.45. The van der Waals surface area contributed by atoms with Crippen LogP contribution in [0.5, 0.6) is 0 Å². The second kappa shape index (κ2) is 12.5. The lowest BCUT2D eigenvalue weighted by Crippen LogP contribution is -2.61. The van der Waals surface area contributed by atoms with Crippen molar-refractivity contribution in [2.45, 2.75) is 109 Å². The Morgan fingerprint density at radius 1 is 1.15 bits per heavy atom. The van der Waals surface area contributed by atoms with E-state index in [1.54, 1.807) is 17.1 Å². The van der Waals surface area contributed by atoms with Crippen molar-refractivity contribution in [3.63, 3.8) is 0 Å². The molecule has 3 fully saturated rings. The Bertz CT molecular complexity index is 925. The van der Waals surface area contributed by atoms with Crippen LogP contribution in [0.3, 0.4) is 0 Å². The van der Waals surface area contributed by atoms with Gasteiger partial charge < -0.3 is 24.4 Å². The van der Waals surface area contributed by atoms with E-state index in [2.05, 4.69) is 47.8 Å². The van der Waals surface area contributed by atoms with Gasteiger partial charge in [0.15, 0.2) is 0 Å². The van der Waals surface area contributed by atoms with Crippen molar-refractivity contribution in [2.24, 2.45) is 17.3 Å². The molecule has 3 saturated heterocycles. The Balaban J connectivity index is 1.98. The molecule has 2 bridgehead atoms. The predicted octanol–water partition coefficient (Wildman–Crippen LogP) is 4.26. The number of nitrogens with zero attached hydrogens (tertiary/aromatic N) is 2. The lowest BCUT2D eigenvalue weighted by atomic mass is 9.70. The summed E-state index contributed by atoms with van der Waals surface area (Å²) >= 11 is 0. The van der Waals surface area contributed by atoms with Crippen LogP contribution in [-0.4, -0.2) is 82.3 Å². The predicted molar refractivity (Wildman–Crippen MR) is 151 cm³/mol. The average molecular weight is 547 g/mol. The SMILES string of the molecule is C=CCCOC(=O)[C@@H]1[C@@H]2CCC3(O2)C(C(=O)N(CC=C)C(C)(C)CC(C)(C)C)N(CCCCCCO)C(=O)[C@H]13. The van der Waals surface area contributed by atoms with Crippen molar-refractivity contribution in [2.75, 3.05) is 26.3 Å². The number of hydrogen-bond donors (Lipinski definition) is 1. The van der Waals surface area contributed by atoms with Crippen LogP contribution >= 0.6 is 0 Å². The van der Waals surface area contributed by atoms with E-state index in [1.807, 2.05) is 4.90 Å². The normalized spacial score (nSPS) is 27.9. The Hall–Kier alpha value is -2.19. The molecule has 8 nitrogen and oxygen atoms in total. The second-order valence-corrected chi connectivity index (χ2v) is 13.3. The van der Waals surface area contributed by atoms with Crippen molar-refractivity contribution < 1.29 is 29.0 Å². The van der Waals surface area contributed by atoms with Gasteiger partial charge in [0.05, 0.1) is 24.5 Å². The topological polar surface area (TPSA) is 96.4 Å². The van der Waals surface area contributed by atoms with Gasteiger partial charge in [-0.1, -0.05) is 45.8 Å². The zero-order valence-corrected chi connectivity index (χ0v) is 24.7. The number of carbonyl (C=O) groups is 3. The molecular formula is C31H50N2O6. The first-order chi connectivity index (χ1) is 18.3. The largest absolute Gasteiger partial charge is 0.465 e. The number of ether oxygens (including phenoxy) is 2. The highest BCUT2D eigenvalue weighted by atomic mass is 16.6. The van der Waals surface area contributed by atoms with Crippen molar-refractivity contribution in [3.8, 4) is 0 Å². The van der Waals surface area contributed by atoms with Gasteiger partial charge in [-0.2, -0.15) is 0 Å². The van der Waals surface area contributed by atoms with Crippen LogP contribution in [0.15, 0.2) is 25.3 Å². The van der Waals surface area contributed by atoms with Crippen molar-refractivity contribution in [1.82, 2.24) is 9.80 Å². The first-order valence-electron chi connectivity index (χ1n) is 14.6. The first-order valence-corrected chi connectivity index (χ1v) is 14.6. The molecular weight excluding hydrogens is 496 g/mol. The number of hydrogen-bond acceptors (Lipinski definition) is 6. The number of esters is 1. The molecule has 2 unspecified atom stereocenters. The molecule has 0 aromatic carbocycles. The molecule has 220 valence electrons. The lowest BCUT2D eigenvalue weighted by Gasteiger charge is -2.45. The molecule has 3 aliphatic heterocycles. The van der Waals surface area contributed by atoms with Gasteiger partial charge in [0.25, 0.3) is 0 Å². The molecule has 5 atom stereocenters. The first kappa shape index (κ1) is 31.3. The van der Waals surface area contributed by atoms with Gasteiger partial charge in [0, 0.05) is 25.2 Å². The van der Waals surface area contributed by atoms with Crippen LogP contribution in [0.25, 0.3) is 0 Å². The number of amides is 2. The lowest BCUT2D eigenvalue weighted by molar-refractivity contribution is -0.156. The summed E-state index contributed by atoms with van der Waals surface area (Å²) in [5, 5.41) is 9.15. The van der Waals surface area contributed by atoms with E-state index in [9.17, 15) is 14.4 Å². The molecule has 0 aliphatic carbocycles. The number of aliphatic hydroxyl groups is 1. The molecule has 1 spiro atoms.